The van der Waals surface area contributed by atoms with Crippen LogP contribution in [-0.4, -0.2) is 10.3 Å². The average Bonchev–Trinajstić information content (AvgIpc) is 2.46. The summed E-state index contributed by atoms with van der Waals surface area (Å²) in [5, 5.41) is 0. The standard InChI is InChI=1S/C17H25NOS/c1-4-17(15-9-5-13(2)6-10-15)18-20(19)16-11-7-14(3)8-12-16/h4,7-8,11-13,15,17-18H,1,5-6,9-10H2,2-3H3/t13?,15?,17-,20?/m1/s1. The minimum atomic E-state index is -1.15. The van der Waals surface area contributed by atoms with Crippen molar-refractivity contribution < 1.29 is 4.21 Å². The third kappa shape index (κ3) is 4.03. The molecule has 2 atom stereocenters. The van der Waals surface area contributed by atoms with Gasteiger partial charge in [-0.25, -0.2) is 8.93 Å². The summed E-state index contributed by atoms with van der Waals surface area (Å²) in [7, 11) is -1.15. The zero-order valence-electron chi connectivity index (χ0n) is 12.5. The second-order valence-electron chi connectivity index (χ2n) is 5.98. The van der Waals surface area contributed by atoms with Gasteiger partial charge in [0.1, 0.15) is 11.0 Å². The van der Waals surface area contributed by atoms with Crippen molar-refractivity contribution in [2.75, 3.05) is 0 Å². The third-order valence-electron chi connectivity index (χ3n) is 4.30. The van der Waals surface area contributed by atoms with Crippen molar-refractivity contribution >= 4 is 11.0 Å². The van der Waals surface area contributed by atoms with Crippen LogP contribution in [0.5, 0.6) is 0 Å². The summed E-state index contributed by atoms with van der Waals surface area (Å²) in [6.07, 6.45) is 6.88. The molecule has 2 rings (SSSR count). The number of hydrogen-bond donors (Lipinski definition) is 1. The van der Waals surface area contributed by atoms with Gasteiger partial charge in [0.15, 0.2) is 0 Å². The monoisotopic (exact) mass is 291 g/mol. The van der Waals surface area contributed by atoms with Gasteiger partial charge in [-0.05, 0) is 43.7 Å². The second-order valence-corrected chi connectivity index (χ2v) is 7.23. The molecule has 0 spiro atoms. The summed E-state index contributed by atoms with van der Waals surface area (Å²) in [6.45, 7) is 8.27. The van der Waals surface area contributed by atoms with Gasteiger partial charge >= 0.3 is 0 Å². The Morgan fingerprint density at radius 1 is 1.25 bits per heavy atom. The molecular weight excluding hydrogens is 266 g/mol. The van der Waals surface area contributed by atoms with Gasteiger partial charge in [-0.3, -0.25) is 0 Å². The minimum absolute atomic E-state index is 0.143. The maximum absolute atomic E-state index is 12.4. The summed E-state index contributed by atoms with van der Waals surface area (Å²) in [5.41, 5.74) is 1.19. The minimum Gasteiger partial charge on any atom is -0.237 e. The molecule has 1 aliphatic carbocycles. The van der Waals surface area contributed by atoms with Crippen LogP contribution in [0.3, 0.4) is 0 Å². The van der Waals surface area contributed by atoms with E-state index in [0.717, 1.165) is 10.8 Å². The summed E-state index contributed by atoms with van der Waals surface area (Å²) in [5.74, 6) is 1.40. The largest absolute Gasteiger partial charge is 0.237 e. The molecule has 2 nitrogen and oxygen atoms in total. The first-order valence-corrected chi connectivity index (χ1v) is 8.62. The van der Waals surface area contributed by atoms with Gasteiger partial charge < -0.3 is 0 Å². The van der Waals surface area contributed by atoms with Crippen molar-refractivity contribution in [2.24, 2.45) is 11.8 Å². The lowest BCUT2D eigenvalue weighted by molar-refractivity contribution is 0.266. The molecule has 0 amide bonds. The first-order chi connectivity index (χ1) is 9.60. The van der Waals surface area contributed by atoms with Crippen LogP contribution in [0, 0.1) is 18.8 Å². The summed E-state index contributed by atoms with van der Waals surface area (Å²) in [4.78, 5) is 0.839. The fraction of sp³-hybridized carbons (Fsp3) is 0.529. The van der Waals surface area contributed by atoms with E-state index in [1.165, 1.54) is 31.2 Å². The highest BCUT2D eigenvalue weighted by Crippen LogP contribution is 2.31. The number of aryl methyl sites for hydroxylation is 1. The Morgan fingerprint density at radius 2 is 1.85 bits per heavy atom. The van der Waals surface area contributed by atoms with Gasteiger partial charge in [-0.1, -0.05) is 43.5 Å². The molecule has 1 aromatic carbocycles. The van der Waals surface area contributed by atoms with E-state index in [1.807, 2.05) is 37.3 Å². The Labute approximate surface area is 125 Å². The molecule has 1 aliphatic rings. The Hall–Kier alpha value is -0.930. The molecule has 1 fully saturated rings. The van der Waals surface area contributed by atoms with Crippen LogP contribution in [0.2, 0.25) is 0 Å². The molecule has 0 aliphatic heterocycles. The molecule has 1 N–H and O–H groups in total. The van der Waals surface area contributed by atoms with Crippen molar-refractivity contribution in [1.29, 1.82) is 0 Å². The van der Waals surface area contributed by atoms with Crippen molar-refractivity contribution in [2.45, 2.75) is 50.5 Å². The molecule has 0 saturated heterocycles. The van der Waals surface area contributed by atoms with Crippen molar-refractivity contribution in [3.05, 3.63) is 42.5 Å². The molecule has 1 unspecified atom stereocenters. The van der Waals surface area contributed by atoms with Crippen molar-refractivity contribution in [3.63, 3.8) is 0 Å². The van der Waals surface area contributed by atoms with E-state index in [9.17, 15) is 4.21 Å². The van der Waals surface area contributed by atoms with E-state index in [2.05, 4.69) is 18.2 Å². The number of rotatable bonds is 5. The van der Waals surface area contributed by atoms with Crippen LogP contribution >= 0.6 is 0 Å². The fourth-order valence-electron chi connectivity index (χ4n) is 2.84. The van der Waals surface area contributed by atoms with Crippen LogP contribution in [0.4, 0.5) is 0 Å². The van der Waals surface area contributed by atoms with Gasteiger partial charge in [-0.15, -0.1) is 6.58 Å². The third-order valence-corrected chi connectivity index (χ3v) is 5.49. The zero-order chi connectivity index (χ0) is 14.5. The van der Waals surface area contributed by atoms with E-state index < -0.39 is 11.0 Å². The van der Waals surface area contributed by atoms with Crippen LogP contribution in [-0.2, 0) is 11.0 Å². The van der Waals surface area contributed by atoms with Crippen LogP contribution in [0.25, 0.3) is 0 Å². The quantitative estimate of drug-likeness (QED) is 0.817. The summed E-state index contributed by atoms with van der Waals surface area (Å²) >= 11 is 0. The number of benzene rings is 1. The van der Waals surface area contributed by atoms with Gasteiger partial charge in [0.2, 0.25) is 0 Å². The normalized spacial score (nSPS) is 25.9. The molecule has 0 bridgehead atoms. The van der Waals surface area contributed by atoms with Gasteiger partial charge in [0.25, 0.3) is 0 Å². The van der Waals surface area contributed by atoms with E-state index >= 15 is 0 Å². The molecule has 0 aromatic heterocycles. The van der Waals surface area contributed by atoms with E-state index in [0.29, 0.717) is 5.92 Å². The van der Waals surface area contributed by atoms with Crippen LogP contribution in [0.1, 0.15) is 38.2 Å². The van der Waals surface area contributed by atoms with Crippen LogP contribution in [0.15, 0.2) is 41.8 Å². The Morgan fingerprint density at radius 3 is 2.40 bits per heavy atom. The highest BCUT2D eigenvalue weighted by Gasteiger charge is 2.25. The topological polar surface area (TPSA) is 29.1 Å². The lowest BCUT2D eigenvalue weighted by Gasteiger charge is -2.31. The molecule has 3 heteroatoms. The lowest BCUT2D eigenvalue weighted by Crippen LogP contribution is -2.37. The maximum Gasteiger partial charge on any atom is 0.125 e. The highest BCUT2D eigenvalue weighted by molar-refractivity contribution is 7.83. The number of nitrogens with one attached hydrogen (secondary N) is 1. The SMILES string of the molecule is C=C[C@@H](NS(=O)c1ccc(C)cc1)C1CCC(C)CC1. The van der Waals surface area contributed by atoms with Gasteiger partial charge in [0, 0.05) is 6.04 Å². The van der Waals surface area contributed by atoms with Crippen molar-refractivity contribution in [3.8, 4) is 0 Å². The molecule has 20 heavy (non-hydrogen) atoms. The predicted octanol–water partition coefficient (Wildman–Crippen LogP) is 3.99. The van der Waals surface area contributed by atoms with E-state index in [-0.39, 0.29) is 6.04 Å². The predicted molar refractivity (Wildman–Crippen MR) is 85.8 cm³/mol. The Balaban J connectivity index is 1.97. The molecular formula is C17H25NOS. The highest BCUT2D eigenvalue weighted by atomic mass is 32.2. The van der Waals surface area contributed by atoms with Gasteiger partial charge in [0.05, 0.1) is 4.90 Å². The first-order valence-electron chi connectivity index (χ1n) is 7.47. The van der Waals surface area contributed by atoms with Crippen molar-refractivity contribution in [1.82, 2.24) is 4.72 Å². The summed E-state index contributed by atoms with van der Waals surface area (Å²) < 4.78 is 15.6. The molecule has 1 saturated carbocycles. The Kier molecular flexibility index (Phi) is 5.55. The lowest BCUT2D eigenvalue weighted by atomic mass is 9.79. The van der Waals surface area contributed by atoms with E-state index in [1.54, 1.807) is 0 Å². The Bertz CT molecular complexity index is 460. The smallest absolute Gasteiger partial charge is 0.125 e. The van der Waals surface area contributed by atoms with Gasteiger partial charge in [-0.2, -0.15) is 0 Å². The number of hydrogen-bond acceptors (Lipinski definition) is 1. The molecule has 0 heterocycles. The first kappa shape index (κ1) is 15.5. The zero-order valence-corrected chi connectivity index (χ0v) is 13.3. The maximum atomic E-state index is 12.4. The summed E-state index contributed by atoms with van der Waals surface area (Å²) in [6, 6.07) is 8.01. The van der Waals surface area contributed by atoms with Crippen LogP contribution < -0.4 is 4.72 Å². The average molecular weight is 291 g/mol. The molecule has 110 valence electrons. The second kappa shape index (κ2) is 7.19. The molecule has 1 aromatic rings. The van der Waals surface area contributed by atoms with E-state index in [4.69, 9.17) is 0 Å². The fourth-order valence-corrected chi connectivity index (χ4v) is 3.89. The molecule has 0 radical (unpaired) electrons.